The molecule has 0 saturated heterocycles. The van der Waals surface area contributed by atoms with Gasteiger partial charge in [-0.1, -0.05) is 18.2 Å². The molecule has 1 heterocycles. The Hall–Kier alpha value is -2.08. The van der Waals surface area contributed by atoms with Crippen molar-refractivity contribution in [1.82, 2.24) is 0 Å². The van der Waals surface area contributed by atoms with E-state index in [-0.39, 0.29) is 5.88 Å². The molecule has 0 aromatic heterocycles. The summed E-state index contributed by atoms with van der Waals surface area (Å²) in [6.45, 7) is 1.18. The van der Waals surface area contributed by atoms with Gasteiger partial charge in [0, 0.05) is 25.4 Å². The van der Waals surface area contributed by atoms with Crippen LogP contribution in [0.3, 0.4) is 0 Å². The lowest BCUT2D eigenvalue weighted by atomic mass is 9.82. The molecule has 7 heteroatoms. The number of para-hydroxylation sites is 1. The van der Waals surface area contributed by atoms with Crippen molar-refractivity contribution >= 4 is 35.1 Å². The number of hydrogen-bond donors (Lipinski definition) is 0. The third-order valence-corrected chi connectivity index (χ3v) is 4.03. The van der Waals surface area contributed by atoms with Crippen molar-refractivity contribution in [3.63, 3.8) is 0 Å². The lowest BCUT2D eigenvalue weighted by molar-refractivity contribution is -0.179. The molecule has 0 N–H and O–H groups in total. The second-order valence-corrected chi connectivity index (χ2v) is 5.25. The van der Waals surface area contributed by atoms with Crippen molar-refractivity contribution in [2.75, 3.05) is 24.9 Å². The maximum absolute atomic E-state index is 12.8. The van der Waals surface area contributed by atoms with Gasteiger partial charge in [-0.3, -0.25) is 14.4 Å². The lowest BCUT2D eigenvalue weighted by Crippen LogP contribution is -2.51. The van der Waals surface area contributed by atoms with Crippen molar-refractivity contribution in [3.8, 4) is 0 Å². The van der Waals surface area contributed by atoms with Gasteiger partial charge in [0.15, 0.2) is 0 Å². The molecule has 1 aliphatic rings. The maximum atomic E-state index is 12.8. The predicted octanol–water partition coefficient (Wildman–Crippen LogP) is 1.45. The summed E-state index contributed by atoms with van der Waals surface area (Å²) in [5.74, 6) is -3.29. The first-order chi connectivity index (χ1) is 10.4. The fourth-order valence-electron chi connectivity index (χ4n) is 2.77. The van der Waals surface area contributed by atoms with Gasteiger partial charge < -0.3 is 14.4 Å². The second kappa shape index (κ2) is 5.96. The quantitative estimate of drug-likeness (QED) is 0.619. The highest BCUT2D eigenvalue weighted by Crippen LogP contribution is 2.47. The van der Waals surface area contributed by atoms with E-state index in [9.17, 15) is 14.4 Å². The minimum atomic E-state index is -1.80. The van der Waals surface area contributed by atoms with Crippen molar-refractivity contribution < 1.29 is 23.9 Å². The molecule has 1 aliphatic heterocycles. The number of halogens is 1. The van der Waals surface area contributed by atoms with Gasteiger partial charge in [-0.25, -0.2) is 0 Å². The number of anilines is 1. The van der Waals surface area contributed by atoms with Gasteiger partial charge in [-0.05, 0) is 6.07 Å². The molecule has 6 nitrogen and oxygen atoms in total. The van der Waals surface area contributed by atoms with E-state index >= 15 is 0 Å². The minimum absolute atomic E-state index is 0.228. The van der Waals surface area contributed by atoms with E-state index in [1.807, 2.05) is 0 Å². The summed E-state index contributed by atoms with van der Waals surface area (Å²) in [6, 6.07) is 6.80. The van der Waals surface area contributed by atoms with Crippen LogP contribution in [0, 0.1) is 5.92 Å². The average molecular weight is 326 g/mol. The Balaban J connectivity index is 2.72. The molecule has 0 spiro atoms. The monoisotopic (exact) mass is 325 g/mol. The molecular formula is C15H16ClNO5. The zero-order chi connectivity index (χ0) is 16.5. The van der Waals surface area contributed by atoms with E-state index in [1.165, 1.54) is 18.9 Å². The molecule has 1 aromatic rings. The molecule has 2 rings (SSSR count). The van der Waals surface area contributed by atoms with E-state index in [1.54, 1.807) is 31.3 Å². The fourth-order valence-corrected chi connectivity index (χ4v) is 3.11. The smallest absolute Gasteiger partial charge is 0.314 e. The molecule has 2 atom stereocenters. The summed E-state index contributed by atoms with van der Waals surface area (Å²) < 4.78 is 10.1. The number of carbonyl (C=O) groups is 3. The largest absolute Gasteiger partial charge is 0.469 e. The Labute approximate surface area is 132 Å². The molecule has 0 unspecified atom stereocenters. The van der Waals surface area contributed by atoms with E-state index < -0.39 is 29.4 Å². The Morgan fingerprint density at radius 3 is 2.55 bits per heavy atom. The Bertz CT molecular complexity index is 632. The number of rotatable bonds is 4. The molecule has 1 amide bonds. The van der Waals surface area contributed by atoms with Crippen molar-refractivity contribution in [1.29, 1.82) is 0 Å². The van der Waals surface area contributed by atoms with Gasteiger partial charge in [-0.15, -0.1) is 11.6 Å². The first-order valence-corrected chi connectivity index (χ1v) is 7.14. The van der Waals surface area contributed by atoms with Crippen LogP contribution in [0.5, 0.6) is 0 Å². The SMILES string of the molecule is COC(=O)[C@H](CCl)[C@]1(OC(C)=O)C(=O)N(C)c2ccccc21. The number of fused-ring (bicyclic) bond motifs is 1. The van der Waals surface area contributed by atoms with Crippen LogP contribution in [0.2, 0.25) is 0 Å². The molecule has 118 valence electrons. The van der Waals surface area contributed by atoms with Gasteiger partial charge in [0.2, 0.25) is 5.60 Å². The van der Waals surface area contributed by atoms with Crippen molar-refractivity contribution in [2.24, 2.45) is 5.92 Å². The topological polar surface area (TPSA) is 72.9 Å². The van der Waals surface area contributed by atoms with Crippen LogP contribution < -0.4 is 4.90 Å². The number of esters is 2. The summed E-state index contributed by atoms with van der Waals surface area (Å²) in [7, 11) is 2.74. The second-order valence-electron chi connectivity index (χ2n) is 4.94. The summed E-state index contributed by atoms with van der Waals surface area (Å²) in [5.41, 5.74) is -0.812. The van der Waals surface area contributed by atoms with E-state index in [4.69, 9.17) is 21.1 Å². The number of likely N-dealkylation sites (N-methyl/N-ethyl adjacent to an activating group) is 1. The predicted molar refractivity (Wildman–Crippen MR) is 79.5 cm³/mol. The highest BCUT2D eigenvalue weighted by molar-refractivity contribution is 6.20. The molecule has 0 radical (unpaired) electrons. The van der Waals surface area contributed by atoms with Crippen LogP contribution in [0.25, 0.3) is 0 Å². The summed E-state index contributed by atoms with van der Waals surface area (Å²) in [4.78, 5) is 37.9. The van der Waals surface area contributed by atoms with Crippen molar-refractivity contribution in [2.45, 2.75) is 12.5 Å². The Morgan fingerprint density at radius 2 is 2.00 bits per heavy atom. The van der Waals surface area contributed by atoms with Crippen LogP contribution in [-0.4, -0.2) is 37.9 Å². The zero-order valence-electron chi connectivity index (χ0n) is 12.5. The molecular weight excluding hydrogens is 310 g/mol. The van der Waals surface area contributed by atoms with E-state index in [2.05, 4.69) is 0 Å². The average Bonchev–Trinajstić information content (AvgIpc) is 2.71. The van der Waals surface area contributed by atoms with E-state index in [0.717, 1.165) is 0 Å². The van der Waals surface area contributed by atoms with Crippen LogP contribution in [0.1, 0.15) is 12.5 Å². The summed E-state index contributed by atoms with van der Waals surface area (Å²) in [5, 5.41) is 0. The summed E-state index contributed by atoms with van der Waals surface area (Å²) in [6.07, 6.45) is 0. The number of amides is 1. The fraction of sp³-hybridized carbons (Fsp3) is 0.400. The van der Waals surface area contributed by atoms with Crippen molar-refractivity contribution in [3.05, 3.63) is 29.8 Å². The zero-order valence-corrected chi connectivity index (χ0v) is 13.2. The Kier molecular flexibility index (Phi) is 4.42. The summed E-state index contributed by atoms with van der Waals surface area (Å²) >= 11 is 5.91. The maximum Gasteiger partial charge on any atom is 0.314 e. The number of hydrogen-bond acceptors (Lipinski definition) is 5. The standard InChI is InChI=1S/C15H16ClNO5/c1-9(18)22-15(11(8-16)13(19)21-3)10-6-4-5-7-12(10)17(2)14(15)20/h4-7,11H,8H2,1-3H3/t11-,15-/m0/s1. The number of carbonyl (C=O) groups excluding carboxylic acids is 3. The van der Waals surface area contributed by atoms with Crippen LogP contribution >= 0.6 is 11.6 Å². The number of benzene rings is 1. The van der Waals surface area contributed by atoms with Gasteiger partial charge >= 0.3 is 11.9 Å². The van der Waals surface area contributed by atoms with E-state index in [0.29, 0.717) is 11.3 Å². The van der Waals surface area contributed by atoms with Crippen LogP contribution in [0.4, 0.5) is 5.69 Å². The molecule has 1 aromatic carbocycles. The lowest BCUT2D eigenvalue weighted by Gasteiger charge is -2.32. The minimum Gasteiger partial charge on any atom is -0.469 e. The molecule has 22 heavy (non-hydrogen) atoms. The molecule has 0 saturated carbocycles. The number of alkyl halides is 1. The van der Waals surface area contributed by atoms with Gasteiger partial charge in [0.1, 0.15) is 5.92 Å². The Morgan fingerprint density at radius 1 is 1.36 bits per heavy atom. The first kappa shape index (κ1) is 16.3. The van der Waals surface area contributed by atoms with Gasteiger partial charge in [-0.2, -0.15) is 0 Å². The molecule has 0 fully saturated rings. The third kappa shape index (κ3) is 2.23. The van der Waals surface area contributed by atoms with Crippen LogP contribution in [-0.2, 0) is 29.5 Å². The first-order valence-electron chi connectivity index (χ1n) is 6.61. The highest BCUT2D eigenvalue weighted by Gasteiger charge is 2.60. The number of nitrogens with zero attached hydrogens (tertiary/aromatic N) is 1. The molecule has 0 bridgehead atoms. The third-order valence-electron chi connectivity index (χ3n) is 3.72. The van der Waals surface area contributed by atoms with Gasteiger partial charge in [0.05, 0.1) is 12.8 Å². The number of ether oxygens (including phenoxy) is 2. The normalized spacial score (nSPS) is 21.3. The number of methoxy groups -OCH3 is 1. The van der Waals surface area contributed by atoms with Gasteiger partial charge in [0.25, 0.3) is 5.91 Å². The highest BCUT2D eigenvalue weighted by atomic mass is 35.5. The van der Waals surface area contributed by atoms with Crippen LogP contribution in [0.15, 0.2) is 24.3 Å². The molecule has 0 aliphatic carbocycles.